The van der Waals surface area contributed by atoms with Crippen molar-refractivity contribution in [3.8, 4) is 11.5 Å². The first-order valence-corrected chi connectivity index (χ1v) is 9.10. The number of aromatic hydroxyl groups is 1. The summed E-state index contributed by atoms with van der Waals surface area (Å²) >= 11 is 0. The van der Waals surface area contributed by atoms with E-state index in [0.29, 0.717) is 11.3 Å². The Hall–Kier alpha value is -3.41. The summed E-state index contributed by atoms with van der Waals surface area (Å²) in [5.41, 5.74) is 2.71. The number of methoxy groups -OCH3 is 1. The summed E-state index contributed by atoms with van der Waals surface area (Å²) in [6, 6.07) is 12.9. The van der Waals surface area contributed by atoms with Gasteiger partial charge in [-0.1, -0.05) is 37.3 Å². The molecule has 0 aliphatic carbocycles. The van der Waals surface area contributed by atoms with Gasteiger partial charge in [0.1, 0.15) is 12.1 Å². The van der Waals surface area contributed by atoms with Crippen LogP contribution in [0.5, 0.6) is 11.5 Å². The molecule has 142 valence electrons. The van der Waals surface area contributed by atoms with E-state index in [-0.39, 0.29) is 23.8 Å². The number of hydrogen-bond donors (Lipinski definition) is 1. The number of benzene rings is 2. The molecule has 28 heavy (non-hydrogen) atoms. The Labute approximate surface area is 163 Å². The molecule has 0 radical (unpaired) electrons. The second kappa shape index (κ2) is 7.31. The van der Waals surface area contributed by atoms with Crippen molar-refractivity contribution in [2.45, 2.75) is 19.0 Å². The lowest BCUT2D eigenvalue weighted by molar-refractivity contribution is 0.112. The van der Waals surface area contributed by atoms with Gasteiger partial charge in [-0.3, -0.25) is 14.8 Å². The molecule has 2 aliphatic heterocycles. The van der Waals surface area contributed by atoms with E-state index in [9.17, 15) is 9.90 Å². The molecular weight excluding hydrogens is 354 g/mol. The Bertz CT molecular complexity index is 979. The molecule has 2 aliphatic rings. The number of amidine groups is 1. The van der Waals surface area contributed by atoms with Crippen molar-refractivity contribution in [3.63, 3.8) is 0 Å². The van der Waals surface area contributed by atoms with Gasteiger partial charge in [0.15, 0.2) is 11.5 Å². The van der Waals surface area contributed by atoms with Crippen molar-refractivity contribution in [2.24, 2.45) is 15.9 Å². The highest BCUT2D eigenvalue weighted by Gasteiger charge is 2.38. The van der Waals surface area contributed by atoms with Gasteiger partial charge in [-0.15, -0.1) is 0 Å². The lowest BCUT2D eigenvalue weighted by atomic mass is 9.82. The predicted molar refractivity (Wildman–Crippen MR) is 108 cm³/mol. The maximum Gasteiger partial charge on any atom is 0.160 e. The lowest BCUT2D eigenvalue weighted by Crippen LogP contribution is -2.42. The van der Waals surface area contributed by atoms with E-state index in [1.807, 2.05) is 42.6 Å². The van der Waals surface area contributed by atoms with Crippen LogP contribution in [0.15, 0.2) is 64.8 Å². The molecule has 3 unspecified atom stereocenters. The van der Waals surface area contributed by atoms with Gasteiger partial charge in [-0.2, -0.15) is 0 Å². The standard InChI is InChI=1S/C22H21N3O3/c1-14-21(16-5-3-15(13-26)4-6-16)24-20-12-23-9-10-25(20)22(14)17-7-8-18(27)19(11-17)28-2/h3-14,21-22,27H,1-2H3. The summed E-state index contributed by atoms with van der Waals surface area (Å²) in [5, 5.41) is 9.99. The second-order valence-corrected chi connectivity index (χ2v) is 6.94. The molecule has 6 heteroatoms. The van der Waals surface area contributed by atoms with Crippen LogP contribution in [-0.2, 0) is 0 Å². The number of phenolic OH excluding ortho intramolecular Hbond substituents is 1. The fourth-order valence-corrected chi connectivity index (χ4v) is 3.88. The van der Waals surface area contributed by atoms with E-state index in [2.05, 4.69) is 16.8 Å². The summed E-state index contributed by atoms with van der Waals surface area (Å²) < 4.78 is 5.31. The number of nitrogens with zero attached hydrogens (tertiary/aromatic N) is 3. The molecule has 0 fully saturated rings. The fraction of sp³-hybridized carbons (Fsp3) is 0.227. The van der Waals surface area contributed by atoms with Crippen molar-refractivity contribution in [3.05, 3.63) is 71.6 Å². The SMILES string of the molecule is COc1cc(C2C(C)C(c3ccc(C=O)cc3)N=C3C=NC=CN32)ccc1O. The molecule has 2 aromatic carbocycles. The van der Waals surface area contributed by atoms with Crippen LogP contribution < -0.4 is 4.74 Å². The Morgan fingerprint density at radius 2 is 1.89 bits per heavy atom. The van der Waals surface area contributed by atoms with E-state index in [1.165, 1.54) is 0 Å². The van der Waals surface area contributed by atoms with Crippen molar-refractivity contribution >= 4 is 18.3 Å². The smallest absolute Gasteiger partial charge is 0.160 e. The largest absolute Gasteiger partial charge is 0.504 e. The summed E-state index contributed by atoms with van der Waals surface area (Å²) in [4.78, 5) is 22.2. The van der Waals surface area contributed by atoms with Crippen LogP contribution >= 0.6 is 0 Å². The number of aldehydes is 1. The maximum absolute atomic E-state index is 11.0. The predicted octanol–water partition coefficient (Wildman–Crippen LogP) is 3.90. The minimum absolute atomic E-state index is 0.0132. The number of aliphatic imine (C=N–C) groups is 2. The highest BCUT2D eigenvalue weighted by atomic mass is 16.5. The molecule has 0 amide bonds. The number of fused-ring (bicyclic) bond motifs is 1. The van der Waals surface area contributed by atoms with Gasteiger partial charge in [0.05, 0.1) is 25.4 Å². The minimum Gasteiger partial charge on any atom is -0.504 e. The van der Waals surface area contributed by atoms with Crippen LogP contribution in [0.3, 0.4) is 0 Å². The van der Waals surface area contributed by atoms with Crippen molar-refractivity contribution in [2.75, 3.05) is 7.11 Å². The van der Waals surface area contributed by atoms with E-state index in [1.54, 1.807) is 25.6 Å². The molecule has 6 nitrogen and oxygen atoms in total. The van der Waals surface area contributed by atoms with Crippen LogP contribution in [0, 0.1) is 5.92 Å². The van der Waals surface area contributed by atoms with Crippen LogP contribution in [0.1, 0.15) is 40.5 Å². The van der Waals surface area contributed by atoms with Crippen molar-refractivity contribution < 1.29 is 14.6 Å². The van der Waals surface area contributed by atoms with E-state index in [0.717, 1.165) is 23.2 Å². The first kappa shape index (κ1) is 18.0. The van der Waals surface area contributed by atoms with Crippen molar-refractivity contribution in [1.82, 2.24) is 4.90 Å². The number of hydrogen-bond acceptors (Lipinski definition) is 6. The number of carbonyl (C=O) groups is 1. The molecule has 0 aromatic heterocycles. The molecule has 2 aromatic rings. The van der Waals surface area contributed by atoms with E-state index >= 15 is 0 Å². The van der Waals surface area contributed by atoms with Gasteiger partial charge < -0.3 is 14.7 Å². The molecular formula is C22H21N3O3. The minimum atomic E-state index is -0.0882. The Balaban J connectivity index is 1.79. The first-order chi connectivity index (χ1) is 13.6. The van der Waals surface area contributed by atoms with Crippen LogP contribution in [0.25, 0.3) is 0 Å². The molecule has 0 saturated carbocycles. The quantitative estimate of drug-likeness (QED) is 0.823. The van der Waals surface area contributed by atoms with Crippen LogP contribution in [0.4, 0.5) is 0 Å². The number of phenols is 1. The normalized spacial score (nSPS) is 23.1. The lowest BCUT2D eigenvalue weighted by Gasteiger charge is -2.42. The Morgan fingerprint density at radius 1 is 1.14 bits per heavy atom. The third kappa shape index (κ3) is 3.07. The van der Waals surface area contributed by atoms with Gasteiger partial charge in [-0.05, 0) is 23.3 Å². The zero-order valence-electron chi connectivity index (χ0n) is 15.7. The average molecular weight is 375 g/mol. The molecule has 1 N–H and O–H groups in total. The third-order valence-corrected chi connectivity index (χ3v) is 5.29. The molecule has 0 spiro atoms. The van der Waals surface area contributed by atoms with Gasteiger partial charge in [-0.25, -0.2) is 0 Å². The highest BCUT2D eigenvalue weighted by Crippen LogP contribution is 2.44. The first-order valence-electron chi connectivity index (χ1n) is 9.10. The van der Waals surface area contributed by atoms with Crippen LogP contribution in [-0.4, -0.2) is 35.5 Å². The van der Waals surface area contributed by atoms with E-state index < -0.39 is 0 Å². The molecule has 2 heterocycles. The summed E-state index contributed by atoms with van der Waals surface area (Å²) in [6.45, 7) is 2.15. The molecule has 4 rings (SSSR count). The molecule has 0 bridgehead atoms. The molecule has 3 atom stereocenters. The zero-order chi connectivity index (χ0) is 19.7. The average Bonchev–Trinajstić information content (AvgIpc) is 2.74. The van der Waals surface area contributed by atoms with Gasteiger partial charge >= 0.3 is 0 Å². The maximum atomic E-state index is 11.0. The Morgan fingerprint density at radius 3 is 2.61 bits per heavy atom. The zero-order valence-corrected chi connectivity index (χ0v) is 15.7. The van der Waals surface area contributed by atoms with Gasteiger partial charge in [0.2, 0.25) is 0 Å². The second-order valence-electron chi connectivity index (χ2n) is 6.94. The summed E-state index contributed by atoms with van der Waals surface area (Å²) in [7, 11) is 1.54. The summed E-state index contributed by atoms with van der Waals surface area (Å²) in [6.07, 6.45) is 6.26. The van der Waals surface area contributed by atoms with Crippen LogP contribution in [0.2, 0.25) is 0 Å². The van der Waals surface area contributed by atoms with Gasteiger partial charge in [0.25, 0.3) is 0 Å². The Kier molecular flexibility index (Phi) is 4.69. The number of carbonyl (C=O) groups excluding carboxylic acids is 1. The third-order valence-electron chi connectivity index (χ3n) is 5.29. The fourth-order valence-electron chi connectivity index (χ4n) is 3.88. The monoisotopic (exact) mass is 375 g/mol. The number of ether oxygens (including phenoxy) is 1. The van der Waals surface area contributed by atoms with E-state index in [4.69, 9.17) is 9.73 Å². The topological polar surface area (TPSA) is 74.5 Å². The van der Waals surface area contributed by atoms with Crippen molar-refractivity contribution in [1.29, 1.82) is 0 Å². The molecule has 0 saturated heterocycles. The number of rotatable bonds is 4. The van der Waals surface area contributed by atoms with Gasteiger partial charge in [0, 0.05) is 23.9 Å². The highest BCUT2D eigenvalue weighted by molar-refractivity contribution is 6.30. The summed E-state index contributed by atoms with van der Waals surface area (Å²) in [5.74, 6) is 1.45.